The zero-order chi connectivity index (χ0) is 12.4. The van der Waals surface area contributed by atoms with Crippen LogP contribution in [0, 0.1) is 0 Å². The van der Waals surface area contributed by atoms with E-state index >= 15 is 0 Å². The molecule has 16 heavy (non-hydrogen) atoms. The lowest BCUT2D eigenvalue weighted by Gasteiger charge is -2.17. The maximum Gasteiger partial charge on any atom is 0.147 e. The molecule has 0 radical (unpaired) electrons. The average Bonchev–Trinajstić information content (AvgIpc) is 2.19. The summed E-state index contributed by atoms with van der Waals surface area (Å²) in [5.41, 5.74) is 0. The van der Waals surface area contributed by atoms with E-state index in [4.69, 9.17) is 4.74 Å². The molecule has 5 heteroatoms. The van der Waals surface area contributed by atoms with Gasteiger partial charge >= 0.3 is 0 Å². The van der Waals surface area contributed by atoms with Crippen LogP contribution >= 0.6 is 0 Å². The summed E-state index contributed by atoms with van der Waals surface area (Å²) in [6.45, 7) is 3.82. The molecule has 1 atom stereocenters. The van der Waals surface area contributed by atoms with Gasteiger partial charge < -0.3 is 10.1 Å². The fraction of sp³-hybridized carbons (Fsp3) is 1.00. The second kappa shape index (κ2) is 8.96. The molecule has 0 aliphatic rings. The van der Waals surface area contributed by atoms with Gasteiger partial charge in [-0.15, -0.1) is 0 Å². The molecule has 0 aromatic carbocycles. The summed E-state index contributed by atoms with van der Waals surface area (Å²) in [7, 11) is -1.13. The first-order valence-corrected chi connectivity index (χ1v) is 7.95. The molecule has 0 fully saturated rings. The third kappa shape index (κ3) is 10.4. The molecule has 0 spiro atoms. The van der Waals surface area contributed by atoms with E-state index in [0.29, 0.717) is 6.04 Å². The lowest BCUT2D eigenvalue weighted by atomic mass is 10.1. The van der Waals surface area contributed by atoms with E-state index in [2.05, 4.69) is 12.2 Å². The fourth-order valence-corrected chi connectivity index (χ4v) is 2.24. The standard InChI is InChI=1S/C11H25NO3S/c1-4-8-12-11(7-9-15-2)6-5-10-16(3,13)14/h11-12H,4-10H2,1-3H3. The van der Waals surface area contributed by atoms with Gasteiger partial charge in [0.25, 0.3) is 0 Å². The number of rotatable bonds is 10. The molecule has 98 valence electrons. The SMILES string of the molecule is CCCNC(CCCS(C)(=O)=O)CCOC. The van der Waals surface area contributed by atoms with E-state index in [1.165, 1.54) is 6.26 Å². The molecule has 4 nitrogen and oxygen atoms in total. The van der Waals surface area contributed by atoms with Crippen LogP contribution in [0.5, 0.6) is 0 Å². The lowest BCUT2D eigenvalue weighted by Crippen LogP contribution is -2.31. The third-order valence-corrected chi connectivity index (χ3v) is 3.45. The van der Waals surface area contributed by atoms with Gasteiger partial charge in [-0.25, -0.2) is 8.42 Å². The van der Waals surface area contributed by atoms with Crippen molar-refractivity contribution in [2.45, 2.75) is 38.6 Å². The highest BCUT2D eigenvalue weighted by Gasteiger charge is 2.09. The third-order valence-electron chi connectivity index (χ3n) is 2.42. The quantitative estimate of drug-likeness (QED) is 0.634. The van der Waals surface area contributed by atoms with Crippen LogP contribution in [0.15, 0.2) is 0 Å². The Hall–Kier alpha value is -0.130. The molecule has 0 aromatic heterocycles. The van der Waals surface area contributed by atoms with Crippen LogP contribution in [0.3, 0.4) is 0 Å². The predicted molar refractivity (Wildman–Crippen MR) is 67.5 cm³/mol. The molecule has 0 amide bonds. The van der Waals surface area contributed by atoms with E-state index in [9.17, 15) is 8.42 Å². The first-order valence-electron chi connectivity index (χ1n) is 5.89. The van der Waals surface area contributed by atoms with Gasteiger partial charge in [0.1, 0.15) is 9.84 Å². The van der Waals surface area contributed by atoms with Crippen molar-refractivity contribution in [3.05, 3.63) is 0 Å². The molecule has 0 rings (SSSR count). The molecule has 0 heterocycles. The zero-order valence-corrected chi connectivity index (χ0v) is 11.5. The van der Waals surface area contributed by atoms with Crippen molar-refractivity contribution in [1.29, 1.82) is 0 Å². The number of hydrogen-bond donors (Lipinski definition) is 1. The van der Waals surface area contributed by atoms with Crippen LogP contribution in [0.2, 0.25) is 0 Å². The summed E-state index contributed by atoms with van der Waals surface area (Å²) >= 11 is 0. The molecule has 0 saturated heterocycles. The van der Waals surface area contributed by atoms with Crippen LogP contribution < -0.4 is 5.32 Å². The highest BCUT2D eigenvalue weighted by molar-refractivity contribution is 7.90. The maximum absolute atomic E-state index is 11.0. The largest absolute Gasteiger partial charge is 0.385 e. The van der Waals surface area contributed by atoms with Gasteiger partial charge in [0.05, 0.1) is 0 Å². The van der Waals surface area contributed by atoms with Gasteiger partial charge in [-0.2, -0.15) is 0 Å². The number of sulfone groups is 1. The van der Waals surface area contributed by atoms with E-state index in [1.807, 2.05) is 0 Å². The summed E-state index contributed by atoms with van der Waals surface area (Å²) in [5, 5.41) is 3.42. The molecule has 0 bridgehead atoms. The van der Waals surface area contributed by atoms with Gasteiger partial charge in [-0.1, -0.05) is 6.92 Å². The van der Waals surface area contributed by atoms with Crippen molar-refractivity contribution in [3.63, 3.8) is 0 Å². The minimum absolute atomic E-state index is 0.282. The summed E-state index contributed by atoms with van der Waals surface area (Å²) in [6, 6.07) is 0.377. The van der Waals surface area contributed by atoms with E-state index in [-0.39, 0.29) is 5.75 Å². The topological polar surface area (TPSA) is 55.4 Å². The Morgan fingerprint density at radius 3 is 2.50 bits per heavy atom. The molecular formula is C11H25NO3S. The van der Waals surface area contributed by atoms with Crippen molar-refractivity contribution in [2.75, 3.05) is 32.3 Å². The molecule has 0 aliphatic heterocycles. The van der Waals surface area contributed by atoms with Gasteiger partial charge in [-0.05, 0) is 32.2 Å². The Labute approximate surface area is 99.7 Å². The molecule has 0 aliphatic carbocycles. The van der Waals surface area contributed by atoms with Crippen LogP contribution in [0.4, 0.5) is 0 Å². The van der Waals surface area contributed by atoms with Gasteiger partial charge in [-0.3, -0.25) is 0 Å². The maximum atomic E-state index is 11.0. The van der Waals surface area contributed by atoms with Crippen molar-refractivity contribution in [2.24, 2.45) is 0 Å². The molecule has 0 aromatic rings. The van der Waals surface area contributed by atoms with Gasteiger partial charge in [0.2, 0.25) is 0 Å². The van der Waals surface area contributed by atoms with E-state index < -0.39 is 9.84 Å². The number of ether oxygens (including phenoxy) is 1. The molecular weight excluding hydrogens is 226 g/mol. The summed E-state index contributed by atoms with van der Waals surface area (Å²) < 4.78 is 27.0. The minimum Gasteiger partial charge on any atom is -0.385 e. The predicted octanol–water partition coefficient (Wildman–Crippen LogP) is 1.22. The molecule has 1 N–H and O–H groups in total. The first-order chi connectivity index (χ1) is 7.49. The smallest absolute Gasteiger partial charge is 0.147 e. The molecule has 1 unspecified atom stereocenters. The van der Waals surface area contributed by atoms with Crippen LogP contribution in [-0.2, 0) is 14.6 Å². The van der Waals surface area contributed by atoms with E-state index in [1.54, 1.807) is 7.11 Å². The van der Waals surface area contributed by atoms with Crippen molar-refractivity contribution >= 4 is 9.84 Å². The van der Waals surface area contributed by atoms with E-state index in [0.717, 1.165) is 38.8 Å². The molecule has 0 saturated carbocycles. The second-order valence-electron chi connectivity index (χ2n) is 4.20. The first kappa shape index (κ1) is 15.9. The monoisotopic (exact) mass is 251 g/mol. The zero-order valence-electron chi connectivity index (χ0n) is 10.7. The van der Waals surface area contributed by atoms with Crippen LogP contribution in [0.1, 0.15) is 32.6 Å². The average molecular weight is 251 g/mol. The second-order valence-corrected chi connectivity index (χ2v) is 6.46. The normalized spacial score (nSPS) is 13.9. The number of methoxy groups -OCH3 is 1. The number of hydrogen-bond acceptors (Lipinski definition) is 4. The number of nitrogens with one attached hydrogen (secondary N) is 1. The fourth-order valence-electron chi connectivity index (χ4n) is 1.55. The summed E-state index contributed by atoms with van der Waals surface area (Å²) in [5.74, 6) is 0.282. The van der Waals surface area contributed by atoms with Crippen molar-refractivity contribution in [1.82, 2.24) is 5.32 Å². The minimum atomic E-state index is -2.82. The Morgan fingerprint density at radius 1 is 1.31 bits per heavy atom. The Morgan fingerprint density at radius 2 is 2.00 bits per heavy atom. The highest BCUT2D eigenvalue weighted by Crippen LogP contribution is 2.04. The van der Waals surface area contributed by atoms with Gasteiger partial charge in [0.15, 0.2) is 0 Å². The van der Waals surface area contributed by atoms with Crippen LogP contribution in [-0.4, -0.2) is 46.7 Å². The van der Waals surface area contributed by atoms with Crippen LogP contribution in [0.25, 0.3) is 0 Å². The Kier molecular flexibility index (Phi) is 8.89. The Bertz CT molecular complexity index is 244. The lowest BCUT2D eigenvalue weighted by molar-refractivity contribution is 0.181. The van der Waals surface area contributed by atoms with Crippen molar-refractivity contribution < 1.29 is 13.2 Å². The highest BCUT2D eigenvalue weighted by atomic mass is 32.2. The van der Waals surface area contributed by atoms with Crippen molar-refractivity contribution in [3.8, 4) is 0 Å². The summed E-state index contributed by atoms with van der Waals surface area (Å²) in [4.78, 5) is 0. The van der Waals surface area contributed by atoms with Gasteiger partial charge in [0, 0.05) is 31.8 Å². The summed E-state index contributed by atoms with van der Waals surface area (Å²) in [6.07, 6.45) is 4.95. The Balaban J connectivity index is 3.81.